The zero-order valence-electron chi connectivity index (χ0n) is 17.7. The predicted molar refractivity (Wildman–Crippen MR) is 125 cm³/mol. The molecular weight excluding hydrogens is 358 g/mol. The second-order valence-corrected chi connectivity index (χ2v) is 6.51. The van der Waals surface area contributed by atoms with Crippen LogP contribution in [0.2, 0.25) is 0 Å². The minimum atomic E-state index is 0.734. The summed E-state index contributed by atoms with van der Waals surface area (Å²) in [6, 6.07) is 10.5. The summed E-state index contributed by atoms with van der Waals surface area (Å²) in [4.78, 5) is 2.18. The Morgan fingerprint density at radius 2 is 1.93 bits per heavy atom. The summed E-state index contributed by atoms with van der Waals surface area (Å²) in [7, 11) is 0. The molecule has 0 spiro atoms. The van der Waals surface area contributed by atoms with Crippen LogP contribution < -0.4 is 10.7 Å². The SMILES string of the molecule is C=CNCN1C=C(c2ccc(-n3ccc(/C=N/NC(=C)C)c3)cc2)C(=C)C1.CC. The number of hydrazone groups is 1. The first-order chi connectivity index (χ1) is 14.1. The summed E-state index contributed by atoms with van der Waals surface area (Å²) in [5.41, 5.74) is 9.24. The Kier molecular flexibility index (Phi) is 8.10. The summed E-state index contributed by atoms with van der Waals surface area (Å²) in [5.74, 6) is 0. The second kappa shape index (κ2) is 10.8. The molecule has 5 nitrogen and oxygen atoms in total. The van der Waals surface area contributed by atoms with Crippen molar-refractivity contribution in [1.82, 2.24) is 20.2 Å². The third kappa shape index (κ3) is 6.01. The topological polar surface area (TPSA) is 44.6 Å². The molecule has 5 heteroatoms. The van der Waals surface area contributed by atoms with E-state index in [4.69, 9.17) is 0 Å². The molecule has 0 aliphatic carbocycles. The van der Waals surface area contributed by atoms with Gasteiger partial charge in [-0.05, 0) is 42.5 Å². The molecule has 2 aromatic rings. The second-order valence-electron chi connectivity index (χ2n) is 6.51. The van der Waals surface area contributed by atoms with Gasteiger partial charge in [-0.25, -0.2) is 0 Å². The van der Waals surface area contributed by atoms with E-state index < -0.39 is 0 Å². The molecule has 0 radical (unpaired) electrons. The Bertz CT molecular complexity index is 900. The third-order valence-electron chi connectivity index (χ3n) is 4.19. The van der Waals surface area contributed by atoms with E-state index in [9.17, 15) is 0 Å². The number of aromatic nitrogens is 1. The van der Waals surface area contributed by atoms with Gasteiger partial charge in [0, 0.05) is 47.7 Å². The minimum Gasteiger partial charge on any atom is -0.374 e. The number of nitrogens with zero attached hydrogens (tertiary/aromatic N) is 3. The normalized spacial score (nSPS) is 13.0. The van der Waals surface area contributed by atoms with Gasteiger partial charge in [0.2, 0.25) is 0 Å². The number of hydrogen-bond donors (Lipinski definition) is 2. The highest BCUT2D eigenvalue weighted by atomic mass is 15.3. The number of benzene rings is 1. The lowest BCUT2D eigenvalue weighted by molar-refractivity contribution is 0.409. The van der Waals surface area contributed by atoms with Crippen molar-refractivity contribution in [2.75, 3.05) is 13.2 Å². The van der Waals surface area contributed by atoms with Crippen LogP contribution in [0.4, 0.5) is 0 Å². The molecule has 0 saturated carbocycles. The number of allylic oxidation sites excluding steroid dienone is 1. The van der Waals surface area contributed by atoms with Crippen LogP contribution in [0, 0.1) is 0 Å². The quantitative estimate of drug-likeness (QED) is 0.500. The highest BCUT2D eigenvalue weighted by Gasteiger charge is 2.17. The zero-order chi connectivity index (χ0) is 21.2. The molecule has 152 valence electrons. The predicted octanol–water partition coefficient (Wildman–Crippen LogP) is 4.86. The lowest BCUT2D eigenvalue weighted by atomic mass is 10.0. The molecule has 3 rings (SSSR count). The first-order valence-corrected chi connectivity index (χ1v) is 9.78. The Labute approximate surface area is 174 Å². The van der Waals surface area contributed by atoms with Crippen molar-refractivity contribution >= 4 is 11.8 Å². The minimum absolute atomic E-state index is 0.734. The smallest absolute Gasteiger partial charge is 0.0869 e. The van der Waals surface area contributed by atoms with E-state index in [2.05, 4.69) is 75.5 Å². The Morgan fingerprint density at radius 1 is 1.21 bits per heavy atom. The van der Waals surface area contributed by atoms with Crippen LogP contribution in [0.3, 0.4) is 0 Å². The maximum atomic E-state index is 4.20. The van der Waals surface area contributed by atoms with Crippen molar-refractivity contribution in [3.05, 3.63) is 97.3 Å². The summed E-state index contributed by atoms with van der Waals surface area (Å²) < 4.78 is 2.07. The first-order valence-electron chi connectivity index (χ1n) is 9.78. The number of nitrogens with one attached hydrogen (secondary N) is 2. The van der Waals surface area contributed by atoms with E-state index in [0.29, 0.717) is 0 Å². The van der Waals surface area contributed by atoms with E-state index in [1.807, 2.05) is 39.2 Å². The maximum Gasteiger partial charge on any atom is 0.0869 e. The van der Waals surface area contributed by atoms with Crippen LogP contribution in [-0.2, 0) is 0 Å². The summed E-state index contributed by atoms with van der Waals surface area (Å²) in [5, 5.41) is 7.25. The summed E-state index contributed by atoms with van der Waals surface area (Å²) in [6.07, 6.45) is 9.68. The van der Waals surface area contributed by atoms with Gasteiger partial charge in [0.1, 0.15) is 0 Å². The van der Waals surface area contributed by atoms with Gasteiger partial charge >= 0.3 is 0 Å². The molecule has 29 heavy (non-hydrogen) atoms. The molecule has 1 aromatic heterocycles. The standard InChI is InChI=1S/C22H25N5.C2H6/c1-5-23-16-26-13-18(4)22(15-26)20-6-8-21(9-7-20)27-11-10-19(14-27)12-24-25-17(2)3;1-2/h5-12,14-15,23,25H,1-2,4,13,16H2,3H3;1-2H3/b24-12+;. The van der Waals surface area contributed by atoms with Crippen LogP contribution in [0.5, 0.6) is 0 Å². The fourth-order valence-corrected chi connectivity index (χ4v) is 2.89. The van der Waals surface area contributed by atoms with Crippen molar-refractivity contribution in [3.8, 4) is 5.69 Å². The van der Waals surface area contributed by atoms with Gasteiger partial charge in [-0.1, -0.05) is 45.7 Å². The lowest BCUT2D eigenvalue weighted by Gasteiger charge is -2.14. The first kappa shape index (κ1) is 21.8. The van der Waals surface area contributed by atoms with Crippen LogP contribution in [-0.4, -0.2) is 28.9 Å². The average Bonchev–Trinajstić information content (AvgIpc) is 3.34. The van der Waals surface area contributed by atoms with Gasteiger partial charge in [-0.3, -0.25) is 5.43 Å². The fourth-order valence-electron chi connectivity index (χ4n) is 2.89. The molecule has 0 atom stereocenters. The molecule has 0 fully saturated rings. The van der Waals surface area contributed by atoms with Crippen LogP contribution in [0.25, 0.3) is 11.3 Å². The van der Waals surface area contributed by atoms with Gasteiger partial charge in [0.15, 0.2) is 0 Å². The third-order valence-corrected chi connectivity index (χ3v) is 4.19. The Morgan fingerprint density at radius 3 is 2.59 bits per heavy atom. The molecule has 1 aliphatic heterocycles. The largest absolute Gasteiger partial charge is 0.374 e. The van der Waals surface area contributed by atoms with Crippen LogP contribution in [0.15, 0.2) is 91.2 Å². The van der Waals surface area contributed by atoms with Crippen molar-refractivity contribution in [1.29, 1.82) is 0 Å². The van der Waals surface area contributed by atoms with Gasteiger partial charge < -0.3 is 14.8 Å². The number of rotatable bonds is 8. The highest BCUT2D eigenvalue weighted by Crippen LogP contribution is 2.29. The van der Waals surface area contributed by atoms with Gasteiger partial charge in [0.25, 0.3) is 0 Å². The maximum absolute atomic E-state index is 4.20. The molecule has 0 unspecified atom stereocenters. The van der Waals surface area contributed by atoms with E-state index in [0.717, 1.165) is 35.7 Å². The molecule has 1 aliphatic rings. The fraction of sp³-hybridized carbons (Fsp3) is 0.208. The molecule has 0 amide bonds. The Balaban J connectivity index is 0.00000145. The zero-order valence-corrected chi connectivity index (χ0v) is 17.7. The van der Waals surface area contributed by atoms with E-state index in [1.54, 1.807) is 12.4 Å². The van der Waals surface area contributed by atoms with Crippen molar-refractivity contribution in [2.45, 2.75) is 20.8 Å². The van der Waals surface area contributed by atoms with Gasteiger partial charge in [-0.2, -0.15) is 5.10 Å². The van der Waals surface area contributed by atoms with Crippen molar-refractivity contribution in [2.24, 2.45) is 5.10 Å². The van der Waals surface area contributed by atoms with Crippen LogP contribution >= 0.6 is 0 Å². The van der Waals surface area contributed by atoms with Crippen molar-refractivity contribution < 1.29 is 0 Å². The summed E-state index contributed by atoms with van der Waals surface area (Å²) in [6.45, 7) is 19.1. The van der Waals surface area contributed by atoms with Crippen LogP contribution in [0.1, 0.15) is 31.9 Å². The van der Waals surface area contributed by atoms with Gasteiger partial charge in [-0.15, -0.1) is 0 Å². The average molecular weight is 390 g/mol. The van der Waals surface area contributed by atoms with E-state index in [1.165, 1.54) is 11.1 Å². The van der Waals surface area contributed by atoms with E-state index >= 15 is 0 Å². The lowest BCUT2D eigenvalue weighted by Crippen LogP contribution is -2.25. The summed E-state index contributed by atoms with van der Waals surface area (Å²) >= 11 is 0. The molecule has 2 heterocycles. The molecule has 0 bridgehead atoms. The highest BCUT2D eigenvalue weighted by molar-refractivity contribution is 5.81. The molecule has 0 saturated heterocycles. The molecular formula is C24H31N5. The van der Waals surface area contributed by atoms with E-state index in [-0.39, 0.29) is 0 Å². The Hall–Kier alpha value is -3.47. The van der Waals surface area contributed by atoms with Gasteiger partial charge in [0.05, 0.1) is 12.9 Å². The monoisotopic (exact) mass is 389 g/mol. The number of hydrogen-bond acceptors (Lipinski definition) is 4. The molecule has 2 N–H and O–H groups in total. The van der Waals surface area contributed by atoms with Crippen molar-refractivity contribution in [3.63, 3.8) is 0 Å². The molecule has 1 aromatic carbocycles.